The molecular weight excluding hydrogens is 330 g/mol. The Morgan fingerprint density at radius 2 is 2.35 bits per heavy atom. The van der Waals surface area contributed by atoms with Crippen LogP contribution in [0, 0.1) is 0 Å². The molecule has 3 aromatic rings. The molecule has 0 spiro atoms. The van der Waals surface area contributed by atoms with Crippen molar-refractivity contribution in [1.29, 1.82) is 0 Å². The van der Waals surface area contributed by atoms with Crippen LogP contribution in [0.1, 0.15) is 17.4 Å². The Balaban J connectivity index is 1.42. The Morgan fingerprint density at radius 1 is 1.43 bits per heavy atom. The third-order valence-corrected chi connectivity index (χ3v) is 6.08. The number of aromatic nitrogens is 3. The van der Waals surface area contributed by atoms with E-state index in [1.807, 2.05) is 11.3 Å². The summed E-state index contributed by atoms with van der Waals surface area (Å²) in [5.41, 5.74) is 1.32. The molecule has 0 radical (unpaired) electrons. The zero-order valence-electron chi connectivity index (χ0n) is 12.7. The highest BCUT2D eigenvalue weighted by Crippen LogP contribution is 2.25. The second kappa shape index (κ2) is 6.03. The van der Waals surface area contributed by atoms with Crippen LogP contribution in [0.3, 0.4) is 0 Å². The maximum absolute atomic E-state index is 11.7. The SMILES string of the molecule is C[C@@H](CNc1nn2c(=O)ccnc2s1)N1CCc2sccc2C1. The molecule has 6 nitrogen and oxygen atoms in total. The van der Waals surface area contributed by atoms with Crippen molar-refractivity contribution in [2.45, 2.75) is 25.9 Å². The molecule has 4 rings (SSSR count). The van der Waals surface area contributed by atoms with E-state index in [1.54, 1.807) is 0 Å². The van der Waals surface area contributed by atoms with Crippen LogP contribution in [-0.2, 0) is 13.0 Å². The highest BCUT2D eigenvalue weighted by atomic mass is 32.1. The molecule has 1 atom stereocenters. The van der Waals surface area contributed by atoms with Gasteiger partial charge in [-0.05, 0) is 30.4 Å². The normalized spacial score (nSPS) is 16.4. The van der Waals surface area contributed by atoms with E-state index in [0.29, 0.717) is 11.0 Å². The molecule has 1 N–H and O–H groups in total. The largest absolute Gasteiger partial charge is 0.359 e. The van der Waals surface area contributed by atoms with Crippen molar-refractivity contribution < 1.29 is 0 Å². The van der Waals surface area contributed by atoms with Crippen molar-refractivity contribution in [1.82, 2.24) is 19.5 Å². The minimum atomic E-state index is -0.145. The van der Waals surface area contributed by atoms with E-state index in [4.69, 9.17) is 0 Å². The molecule has 3 aromatic heterocycles. The molecule has 0 aliphatic carbocycles. The Labute approximate surface area is 141 Å². The van der Waals surface area contributed by atoms with Crippen molar-refractivity contribution in [2.24, 2.45) is 0 Å². The van der Waals surface area contributed by atoms with Gasteiger partial charge in [0.2, 0.25) is 10.1 Å². The van der Waals surface area contributed by atoms with Crippen molar-refractivity contribution in [3.8, 4) is 0 Å². The topological polar surface area (TPSA) is 62.5 Å². The summed E-state index contributed by atoms with van der Waals surface area (Å²) in [6, 6.07) is 4.06. The fourth-order valence-electron chi connectivity index (χ4n) is 2.83. The van der Waals surface area contributed by atoms with Gasteiger partial charge >= 0.3 is 0 Å². The maximum atomic E-state index is 11.7. The lowest BCUT2D eigenvalue weighted by atomic mass is 10.1. The molecule has 8 heteroatoms. The Kier molecular flexibility index (Phi) is 3.88. The van der Waals surface area contributed by atoms with Crippen LogP contribution in [-0.4, -0.2) is 38.6 Å². The van der Waals surface area contributed by atoms with Gasteiger partial charge in [0, 0.05) is 42.8 Å². The number of thiophene rings is 1. The third kappa shape index (κ3) is 2.89. The molecule has 0 aromatic carbocycles. The third-order valence-electron chi connectivity index (χ3n) is 4.18. The fraction of sp³-hybridized carbons (Fsp3) is 0.400. The minimum Gasteiger partial charge on any atom is -0.359 e. The molecule has 0 saturated carbocycles. The molecule has 0 unspecified atom stereocenters. The molecule has 120 valence electrons. The standard InChI is InChI=1S/C15H17N5OS2/c1-10(19-6-3-12-11(9-19)4-7-22-12)8-17-14-18-20-13(21)2-5-16-15(20)23-14/h2,4-5,7,10H,3,6,8-9H2,1H3,(H,17,18)/t10-/m0/s1. The maximum Gasteiger partial charge on any atom is 0.275 e. The number of nitrogens with zero attached hydrogens (tertiary/aromatic N) is 4. The van der Waals surface area contributed by atoms with E-state index in [2.05, 4.69) is 38.7 Å². The number of nitrogens with one attached hydrogen (secondary N) is 1. The predicted molar refractivity (Wildman–Crippen MR) is 93.5 cm³/mol. The molecule has 0 saturated heterocycles. The van der Waals surface area contributed by atoms with Gasteiger partial charge in [-0.1, -0.05) is 11.3 Å². The Bertz CT molecular complexity index is 883. The summed E-state index contributed by atoms with van der Waals surface area (Å²) in [7, 11) is 0. The van der Waals surface area contributed by atoms with E-state index >= 15 is 0 Å². The van der Waals surface area contributed by atoms with E-state index in [9.17, 15) is 4.79 Å². The summed E-state index contributed by atoms with van der Waals surface area (Å²) in [5.74, 6) is 0. The number of anilines is 1. The highest BCUT2D eigenvalue weighted by Gasteiger charge is 2.21. The average Bonchev–Trinajstić information content (AvgIpc) is 3.18. The zero-order valence-corrected chi connectivity index (χ0v) is 14.4. The second-order valence-corrected chi connectivity index (χ2v) is 7.66. The highest BCUT2D eigenvalue weighted by molar-refractivity contribution is 7.20. The first-order chi connectivity index (χ1) is 11.2. The van der Waals surface area contributed by atoms with Crippen molar-refractivity contribution in [3.63, 3.8) is 0 Å². The number of hydrogen-bond acceptors (Lipinski definition) is 7. The first kappa shape index (κ1) is 14.8. The zero-order chi connectivity index (χ0) is 15.8. The monoisotopic (exact) mass is 347 g/mol. The smallest absolute Gasteiger partial charge is 0.275 e. The minimum absolute atomic E-state index is 0.145. The molecule has 1 aliphatic heterocycles. The molecule has 0 amide bonds. The summed E-state index contributed by atoms with van der Waals surface area (Å²) in [6.45, 7) is 5.13. The van der Waals surface area contributed by atoms with Crippen LogP contribution in [0.2, 0.25) is 0 Å². The van der Waals surface area contributed by atoms with Crippen LogP contribution >= 0.6 is 22.7 Å². The summed E-state index contributed by atoms with van der Waals surface area (Å²) in [5, 5.41) is 10.6. The van der Waals surface area contributed by atoms with Gasteiger partial charge in [-0.15, -0.1) is 16.4 Å². The van der Waals surface area contributed by atoms with Gasteiger partial charge in [0.05, 0.1) is 0 Å². The van der Waals surface area contributed by atoms with Gasteiger partial charge in [0.1, 0.15) is 0 Å². The van der Waals surface area contributed by atoms with Crippen LogP contribution in [0.4, 0.5) is 5.13 Å². The quantitative estimate of drug-likeness (QED) is 0.783. The summed E-state index contributed by atoms with van der Waals surface area (Å²) in [4.78, 5) is 20.5. The van der Waals surface area contributed by atoms with Gasteiger partial charge in [0.15, 0.2) is 0 Å². The molecule has 1 aliphatic rings. The van der Waals surface area contributed by atoms with Gasteiger partial charge < -0.3 is 5.32 Å². The van der Waals surface area contributed by atoms with Gasteiger partial charge in [-0.25, -0.2) is 4.98 Å². The average molecular weight is 347 g/mol. The lowest BCUT2D eigenvalue weighted by Crippen LogP contribution is -2.40. The van der Waals surface area contributed by atoms with Crippen molar-refractivity contribution in [2.75, 3.05) is 18.4 Å². The Morgan fingerprint density at radius 3 is 3.22 bits per heavy atom. The van der Waals surface area contributed by atoms with Crippen LogP contribution in [0.25, 0.3) is 4.96 Å². The molecule has 23 heavy (non-hydrogen) atoms. The van der Waals surface area contributed by atoms with Gasteiger partial charge in [-0.3, -0.25) is 9.69 Å². The van der Waals surface area contributed by atoms with E-state index in [1.165, 1.54) is 38.6 Å². The van der Waals surface area contributed by atoms with E-state index in [-0.39, 0.29) is 5.56 Å². The number of rotatable bonds is 4. The Hall–Kier alpha value is -1.77. The number of fused-ring (bicyclic) bond motifs is 2. The van der Waals surface area contributed by atoms with Crippen LogP contribution in [0.15, 0.2) is 28.5 Å². The molecular formula is C15H17N5OS2. The van der Waals surface area contributed by atoms with Crippen LogP contribution in [0.5, 0.6) is 0 Å². The lowest BCUT2D eigenvalue weighted by molar-refractivity contribution is 0.200. The van der Waals surface area contributed by atoms with Crippen molar-refractivity contribution in [3.05, 3.63) is 44.5 Å². The first-order valence-electron chi connectivity index (χ1n) is 7.59. The van der Waals surface area contributed by atoms with E-state index < -0.39 is 0 Å². The fourth-order valence-corrected chi connectivity index (χ4v) is 4.50. The summed E-state index contributed by atoms with van der Waals surface area (Å²) >= 11 is 3.27. The van der Waals surface area contributed by atoms with Crippen LogP contribution < -0.4 is 10.9 Å². The molecule has 4 heterocycles. The predicted octanol–water partition coefficient (Wildman–Crippen LogP) is 2.07. The van der Waals surface area contributed by atoms with E-state index in [0.717, 1.165) is 31.2 Å². The van der Waals surface area contributed by atoms with Crippen molar-refractivity contribution >= 4 is 32.8 Å². The molecule has 0 bridgehead atoms. The first-order valence-corrected chi connectivity index (χ1v) is 9.28. The summed E-state index contributed by atoms with van der Waals surface area (Å²) in [6.07, 6.45) is 2.66. The number of hydrogen-bond donors (Lipinski definition) is 1. The van der Waals surface area contributed by atoms with Gasteiger partial charge in [0.25, 0.3) is 5.56 Å². The molecule has 0 fully saturated rings. The second-order valence-electron chi connectivity index (χ2n) is 5.70. The lowest BCUT2D eigenvalue weighted by Gasteiger charge is -2.32. The summed E-state index contributed by atoms with van der Waals surface area (Å²) < 4.78 is 1.34. The van der Waals surface area contributed by atoms with Gasteiger partial charge in [-0.2, -0.15) is 4.52 Å².